The summed E-state index contributed by atoms with van der Waals surface area (Å²) in [7, 11) is 0. The molecule has 306 valence electrons. The van der Waals surface area contributed by atoms with Crippen molar-refractivity contribution in [3.8, 4) is 45.0 Å². The third kappa shape index (κ3) is 5.00. The quantitative estimate of drug-likeness (QED) is 0.166. The maximum absolute atomic E-state index is 7.92. The van der Waals surface area contributed by atoms with Crippen molar-refractivity contribution in [2.45, 2.75) is 15.2 Å². The first-order chi connectivity index (χ1) is 32.7. The Bertz CT molecular complexity index is 4000. The van der Waals surface area contributed by atoms with Crippen LogP contribution in [0.3, 0.4) is 0 Å². The van der Waals surface area contributed by atoms with Crippen molar-refractivity contribution in [2.24, 2.45) is 0 Å². The van der Waals surface area contributed by atoms with E-state index in [1.165, 1.54) is 53.9 Å². The molecule has 0 N–H and O–H groups in total. The fourth-order valence-electron chi connectivity index (χ4n) is 11.2. The van der Waals surface area contributed by atoms with Gasteiger partial charge in [-0.2, -0.15) is 0 Å². The normalized spacial score (nSPS) is 13.2. The lowest BCUT2D eigenvalue weighted by atomic mass is 9.67. The van der Waals surface area contributed by atoms with E-state index < -0.39 is 5.41 Å². The molecule has 0 unspecified atom stereocenters. The van der Waals surface area contributed by atoms with Gasteiger partial charge in [0.2, 0.25) is 0 Å². The van der Waals surface area contributed by atoms with Gasteiger partial charge < -0.3 is 9.13 Å². The van der Waals surface area contributed by atoms with E-state index in [9.17, 15) is 0 Å². The van der Waals surface area contributed by atoms with Crippen LogP contribution in [-0.2, 0) is 5.41 Å². The zero-order valence-corrected chi connectivity index (χ0v) is 36.2. The Morgan fingerprint density at radius 1 is 0.409 bits per heavy atom. The first-order valence-corrected chi connectivity index (χ1v) is 23.0. The van der Waals surface area contributed by atoms with Gasteiger partial charge in [0.25, 0.3) is 0 Å². The van der Waals surface area contributed by atoms with E-state index in [0.29, 0.717) is 5.69 Å². The Kier molecular flexibility index (Phi) is 7.83. The van der Waals surface area contributed by atoms with Crippen LogP contribution in [0.1, 0.15) is 22.3 Å². The molecule has 1 spiro atoms. The molecule has 14 rings (SSSR count). The van der Waals surface area contributed by atoms with Crippen molar-refractivity contribution in [3.63, 3.8) is 0 Å². The van der Waals surface area contributed by atoms with E-state index in [1.807, 2.05) is 36.3 Å². The first kappa shape index (κ1) is 36.9. The number of rotatable bonds is 4. The lowest BCUT2D eigenvalue weighted by molar-refractivity contribution is 0.721. The molecule has 0 amide bonds. The van der Waals surface area contributed by atoms with Crippen LogP contribution in [0.2, 0.25) is 0 Å². The standard InChI is InChI=1S/C60H35N5S/c1-61-39-28-31-55-47(36-39)46-35-38(27-30-54(46)65(55)41-16-6-3-7-17-41)43-20-11-22-51-59(43)66-58-42(19-10-21-50(58)60(51)48-23-12-32-62-56(48)57-49(60)24-13-33-63-57)37-26-29-53-45(34-37)44-18-8-9-25-52(44)64(53)40-14-4-2-5-15-40/h2-36H. The molecule has 1 aliphatic heterocycles. The molecule has 0 bridgehead atoms. The summed E-state index contributed by atoms with van der Waals surface area (Å²) in [6.07, 6.45) is 3.79. The van der Waals surface area contributed by atoms with E-state index in [2.05, 4.69) is 202 Å². The summed E-state index contributed by atoms with van der Waals surface area (Å²) in [5, 5.41) is 4.61. The largest absolute Gasteiger partial charge is 0.309 e. The molecule has 66 heavy (non-hydrogen) atoms. The Morgan fingerprint density at radius 3 is 1.44 bits per heavy atom. The fraction of sp³-hybridized carbons (Fsp3) is 0.0167. The van der Waals surface area contributed by atoms with Crippen molar-refractivity contribution in [2.75, 3.05) is 0 Å². The highest BCUT2D eigenvalue weighted by atomic mass is 32.2. The number of pyridine rings is 2. The number of para-hydroxylation sites is 3. The number of benzene rings is 8. The minimum atomic E-state index is -0.680. The first-order valence-electron chi connectivity index (χ1n) is 22.2. The van der Waals surface area contributed by atoms with Gasteiger partial charge in [-0.1, -0.05) is 133 Å². The lowest BCUT2D eigenvalue weighted by Crippen LogP contribution is -2.32. The minimum Gasteiger partial charge on any atom is -0.309 e. The molecule has 0 fully saturated rings. The predicted molar refractivity (Wildman–Crippen MR) is 269 cm³/mol. The van der Waals surface area contributed by atoms with Gasteiger partial charge in [-0.05, 0) is 129 Å². The van der Waals surface area contributed by atoms with Crippen LogP contribution in [-0.4, -0.2) is 19.1 Å². The molecule has 0 atom stereocenters. The Hall–Kier alpha value is -8.50. The van der Waals surface area contributed by atoms with Gasteiger partial charge >= 0.3 is 0 Å². The van der Waals surface area contributed by atoms with E-state index in [1.54, 1.807) is 0 Å². The predicted octanol–water partition coefficient (Wildman–Crippen LogP) is 15.4. The summed E-state index contributed by atoms with van der Waals surface area (Å²) in [5.74, 6) is 0. The molecule has 5 heterocycles. The smallest absolute Gasteiger partial charge is 0.188 e. The van der Waals surface area contributed by atoms with Gasteiger partial charge in [0.1, 0.15) is 0 Å². The lowest BCUT2D eigenvalue weighted by Gasteiger charge is -2.40. The molecule has 2 aliphatic rings. The van der Waals surface area contributed by atoms with Crippen LogP contribution in [0.15, 0.2) is 222 Å². The van der Waals surface area contributed by atoms with Gasteiger partial charge in [-0.15, -0.1) is 0 Å². The zero-order chi connectivity index (χ0) is 43.5. The molecular weight excluding hydrogens is 823 g/mol. The van der Waals surface area contributed by atoms with Crippen molar-refractivity contribution < 1.29 is 0 Å². The van der Waals surface area contributed by atoms with Gasteiger partial charge in [-0.25, -0.2) is 4.85 Å². The van der Waals surface area contributed by atoms with Gasteiger partial charge in [0.05, 0.1) is 45.4 Å². The highest BCUT2D eigenvalue weighted by Gasteiger charge is 2.52. The second-order valence-electron chi connectivity index (χ2n) is 17.2. The highest BCUT2D eigenvalue weighted by molar-refractivity contribution is 7.99. The molecule has 12 aromatic rings. The summed E-state index contributed by atoms with van der Waals surface area (Å²) >= 11 is 1.87. The second-order valence-corrected chi connectivity index (χ2v) is 18.2. The average molecular weight is 858 g/mol. The van der Waals surface area contributed by atoms with E-state index in [0.717, 1.165) is 66.8 Å². The van der Waals surface area contributed by atoms with Crippen molar-refractivity contribution in [1.82, 2.24) is 19.1 Å². The third-order valence-corrected chi connectivity index (χ3v) is 15.2. The van der Waals surface area contributed by atoms with E-state index in [-0.39, 0.29) is 0 Å². The Balaban J connectivity index is 1.04. The molecule has 1 aliphatic carbocycles. The molecule has 6 heteroatoms. The monoisotopic (exact) mass is 857 g/mol. The summed E-state index contributed by atoms with van der Waals surface area (Å²) in [6.45, 7) is 7.92. The van der Waals surface area contributed by atoms with Crippen molar-refractivity contribution in [3.05, 3.63) is 246 Å². The van der Waals surface area contributed by atoms with Gasteiger partial charge in [-0.3, -0.25) is 9.97 Å². The number of nitrogens with zero attached hydrogens (tertiary/aromatic N) is 5. The molecule has 8 aromatic carbocycles. The van der Waals surface area contributed by atoms with E-state index in [4.69, 9.17) is 16.5 Å². The third-order valence-electron chi connectivity index (χ3n) is 13.9. The van der Waals surface area contributed by atoms with Crippen LogP contribution >= 0.6 is 11.8 Å². The summed E-state index contributed by atoms with van der Waals surface area (Å²) in [6, 6.07) is 72.2. The number of hydrogen-bond donors (Lipinski definition) is 0. The molecule has 5 nitrogen and oxygen atoms in total. The average Bonchev–Trinajstić information content (AvgIpc) is 4.00. The number of aromatic nitrogens is 4. The molecule has 0 radical (unpaired) electrons. The molecule has 0 saturated carbocycles. The van der Waals surface area contributed by atoms with Crippen molar-refractivity contribution >= 4 is 61.1 Å². The van der Waals surface area contributed by atoms with E-state index >= 15 is 0 Å². The van der Waals surface area contributed by atoms with Crippen LogP contribution in [0, 0.1) is 6.57 Å². The second kappa shape index (κ2) is 14.0. The number of fused-ring (bicyclic) bond motifs is 15. The Labute approximate surface area is 384 Å². The van der Waals surface area contributed by atoms with Crippen LogP contribution < -0.4 is 0 Å². The summed E-state index contributed by atoms with van der Waals surface area (Å²) < 4.78 is 4.69. The fourth-order valence-corrected chi connectivity index (χ4v) is 12.7. The van der Waals surface area contributed by atoms with Gasteiger partial charge in [0, 0.05) is 49.7 Å². The van der Waals surface area contributed by atoms with Crippen LogP contribution in [0.25, 0.3) is 93.5 Å². The SMILES string of the molecule is [C-]#[N+]c1ccc2c(c1)c1cc(-c3cccc4c3Sc3c(-c5ccc6c(c5)c5ccccc5n6-c5ccccc5)cccc3C43c4cccnc4-c4ncccc43)ccc1n2-c1ccccc1. The number of hydrogen-bond acceptors (Lipinski definition) is 3. The van der Waals surface area contributed by atoms with Crippen LogP contribution in [0.4, 0.5) is 5.69 Å². The topological polar surface area (TPSA) is 40.0 Å². The summed E-state index contributed by atoms with van der Waals surface area (Å²) in [5.41, 5.74) is 17.9. The Morgan fingerprint density at radius 2 is 0.879 bits per heavy atom. The molecule has 4 aromatic heterocycles. The maximum Gasteiger partial charge on any atom is 0.188 e. The van der Waals surface area contributed by atoms with Crippen molar-refractivity contribution in [1.29, 1.82) is 0 Å². The maximum atomic E-state index is 7.92. The molecular formula is C60H35N5S. The molecule has 0 saturated heterocycles. The minimum absolute atomic E-state index is 0.627. The zero-order valence-electron chi connectivity index (χ0n) is 35.4. The van der Waals surface area contributed by atoms with Crippen LogP contribution in [0.5, 0.6) is 0 Å². The summed E-state index contributed by atoms with van der Waals surface area (Å²) in [4.78, 5) is 16.4. The van der Waals surface area contributed by atoms with Gasteiger partial charge in [0.15, 0.2) is 5.69 Å². The highest BCUT2D eigenvalue weighted by Crippen LogP contribution is 2.64.